The molecule has 1 N–H and O–H groups in total. The molecule has 19 heavy (non-hydrogen) atoms. The molecule has 1 saturated heterocycles. The number of likely N-dealkylation sites (N-methyl/N-ethyl adjacent to an activating group) is 1. The molecule has 0 saturated carbocycles. The Labute approximate surface area is 114 Å². The van der Waals surface area contributed by atoms with Crippen LogP contribution in [0.25, 0.3) is 0 Å². The molecule has 0 amide bonds. The van der Waals surface area contributed by atoms with Crippen LogP contribution in [0.4, 0.5) is 0 Å². The van der Waals surface area contributed by atoms with Crippen molar-refractivity contribution in [3.63, 3.8) is 0 Å². The first-order valence-electron chi connectivity index (χ1n) is 7.05. The van der Waals surface area contributed by atoms with Crippen molar-refractivity contribution < 1.29 is 9.47 Å². The second kappa shape index (κ2) is 5.90. The lowest BCUT2D eigenvalue weighted by molar-refractivity contribution is -0.0181. The van der Waals surface area contributed by atoms with Gasteiger partial charge in [0.1, 0.15) is 5.75 Å². The molecule has 0 radical (unpaired) electrons. The second-order valence-corrected chi connectivity index (χ2v) is 5.46. The zero-order chi connectivity index (χ0) is 13.1. The van der Waals surface area contributed by atoms with Crippen LogP contribution in [0.2, 0.25) is 0 Å². The van der Waals surface area contributed by atoms with Crippen molar-refractivity contribution in [2.24, 2.45) is 0 Å². The summed E-state index contributed by atoms with van der Waals surface area (Å²) in [5, 5.41) is 3.53. The van der Waals surface area contributed by atoms with Crippen molar-refractivity contribution >= 4 is 0 Å². The second-order valence-electron chi connectivity index (χ2n) is 5.46. The van der Waals surface area contributed by atoms with Gasteiger partial charge in [0.25, 0.3) is 0 Å². The summed E-state index contributed by atoms with van der Waals surface area (Å²) in [4.78, 5) is 2.32. The number of benzene rings is 1. The zero-order valence-electron chi connectivity index (χ0n) is 11.5. The lowest BCUT2D eigenvalue weighted by Gasteiger charge is -2.30. The van der Waals surface area contributed by atoms with Crippen molar-refractivity contribution in [3.05, 3.63) is 29.8 Å². The van der Waals surface area contributed by atoms with Gasteiger partial charge in [0.2, 0.25) is 0 Å². The first-order valence-corrected chi connectivity index (χ1v) is 7.05. The number of nitrogens with one attached hydrogen (secondary N) is 1. The highest BCUT2D eigenvalue weighted by Gasteiger charge is 2.24. The van der Waals surface area contributed by atoms with E-state index in [1.54, 1.807) is 0 Å². The Morgan fingerprint density at radius 2 is 2.21 bits per heavy atom. The van der Waals surface area contributed by atoms with E-state index in [1.165, 1.54) is 5.56 Å². The fourth-order valence-corrected chi connectivity index (χ4v) is 2.81. The molecule has 104 valence electrons. The summed E-state index contributed by atoms with van der Waals surface area (Å²) in [6.45, 7) is 5.57. The zero-order valence-corrected chi connectivity index (χ0v) is 11.5. The fraction of sp³-hybridized carbons (Fsp3) is 0.600. The highest BCUT2D eigenvalue weighted by atomic mass is 16.5. The number of rotatable bonds is 4. The van der Waals surface area contributed by atoms with Gasteiger partial charge in [-0.25, -0.2) is 0 Å². The van der Waals surface area contributed by atoms with E-state index in [1.807, 2.05) is 6.07 Å². The van der Waals surface area contributed by atoms with Gasteiger partial charge in [-0.2, -0.15) is 0 Å². The molecule has 4 nitrogen and oxygen atoms in total. The maximum atomic E-state index is 5.75. The van der Waals surface area contributed by atoms with E-state index in [4.69, 9.17) is 9.47 Å². The Morgan fingerprint density at radius 1 is 1.32 bits per heavy atom. The van der Waals surface area contributed by atoms with E-state index >= 15 is 0 Å². The van der Waals surface area contributed by atoms with Crippen LogP contribution in [-0.4, -0.2) is 57.4 Å². The Bertz CT molecular complexity index is 424. The molecule has 2 unspecified atom stereocenters. The Kier molecular flexibility index (Phi) is 4.01. The van der Waals surface area contributed by atoms with Gasteiger partial charge in [-0.05, 0) is 13.1 Å². The van der Waals surface area contributed by atoms with Crippen LogP contribution >= 0.6 is 0 Å². The normalized spacial score (nSPS) is 27.0. The largest absolute Gasteiger partial charge is 0.493 e. The van der Waals surface area contributed by atoms with Crippen molar-refractivity contribution in [1.29, 1.82) is 0 Å². The Morgan fingerprint density at radius 3 is 3.11 bits per heavy atom. The summed E-state index contributed by atoms with van der Waals surface area (Å²) in [7, 11) is 2.15. The standard InChI is InChI=1S/C15H22N2O2/c1-17-6-7-18-13(10-17)9-16-8-12-11-19-15-5-3-2-4-14(12)15/h2-5,12-13,16H,6-11H2,1H3. The van der Waals surface area contributed by atoms with Crippen LogP contribution in [0.3, 0.4) is 0 Å². The molecule has 2 atom stereocenters. The summed E-state index contributed by atoms with van der Waals surface area (Å²) in [5.41, 5.74) is 1.33. The molecule has 2 aliphatic heterocycles. The number of hydrogen-bond acceptors (Lipinski definition) is 4. The van der Waals surface area contributed by atoms with E-state index in [-0.39, 0.29) is 0 Å². The molecule has 2 aliphatic rings. The number of fused-ring (bicyclic) bond motifs is 1. The number of nitrogens with zero attached hydrogens (tertiary/aromatic N) is 1. The van der Waals surface area contributed by atoms with Crippen LogP contribution in [0.1, 0.15) is 11.5 Å². The fourth-order valence-electron chi connectivity index (χ4n) is 2.81. The average Bonchev–Trinajstić information content (AvgIpc) is 2.83. The van der Waals surface area contributed by atoms with Crippen molar-refractivity contribution in [2.45, 2.75) is 12.0 Å². The van der Waals surface area contributed by atoms with Gasteiger partial charge in [0.05, 0.1) is 19.3 Å². The number of morpholine rings is 1. The van der Waals surface area contributed by atoms with Crippen LogP contribution in [-0.2, 0) is 4.74 Å². The van der Waals surface area contributed by atoms with Crippen molar-refractivity contribution in [3.8, 4) is 5.75 Å². The highest BCUT2D eigenvalue weighted by Crippen LogP contribution is 2.32. The summed E-state index contributed by atoms with van der Waals surface area (Å²) < 4.78 is 11.4. The first kappa shape index (κ1) is 12.9. The third-order valence-electron chi connectivity index (χ3n) is 3.90. The Hall–Kier alpha value is -1.10. The minimum absolute atomic E-state index is 0.316. The summed E-state index contributed by atoms with van der Waals surface area (Å²) in [5.74, 6) is 1.51. The molecule has 0 aliphatic carbocycles. The van der Waals surface area contributed by atoms with Gasteiger partial charge in [-0.1, -0.05) is 18.2 Å². The van der Waals surface area contributed by atoms with E-state index in [9.17, 15) is 0 Å². The summed E-state index contributed by atoms with van der Waals surface area (Å²) >= 11 is 0. The van der Waals surface area contributed by atoms with E-state index in [0.717, 1.165) is 45.1 Å². The third-order valence-corrected chi connectivity index (χ3v) is 3.90. The van der Waals surface area contributed by atoms with Crippen LogP contribution in [0.15, 0.2) is 24.3 Å². The maximum Gasteiger partial charge on any atom is 0.122 e. The Balaban J connectivity index is 1.46. The van der Waals surface area contributed by atoms with E-state index in [0.29, 0.717) is 12.0 Å². The third kappa shape index (κ3) is 3.08. The van der Waals surface area contributed by atoms with E-state index < -0.39 is 0 Å². The van der Waals surface area contributed by atoms with Crippen LogP contribution in [0, 0.1) is 0 Å². The quantitative estimate of drug-likeness (QED) is 0.880. The highest BCUT2D eigenvalue weighted by molar-refractivity contribution is 5.39. The molecule has 0 bridgehead atoms. The average molecular weight is 262 g/mol. The summed E-state index contributed by atoms with van der Waals surface area (Å²) in [6.07, 6.45) is 0.316. The molecule has 3 rings (SSSR count). The topological polar surface area (TPSA) is 33.7 Å². The number of hydrogen-bond donors (Lipinski definition) is 1. The number of para-hydroxylation sites is 1. The predicted molar refractivity (Wildman–Crippen MR) is 74.8 cm³/mol. The minimum atomic E-state index is 0.316. The monoisotopic (exact) mass is 262 g/mol. The van der Waals surface area contributed by atoms with Gasteiger partial charge in [-0.15, -0.1) is 0 Å². The molecule has 4 heteroatoms. The van der Waals surface area contributed by atoms with Crippen LogP contribution < -0.4 is 10.1 Å². The lowest BCUT2D eigenvalue weighted by Crippen LogP contribution is -2.45. The minimum Gasteiger partial charge on any atom is -0.493 e. The smallest absolute Gasteiger partial charge is 0.122 e. The van der Waals surface area contributed by atoms with Gasteiger partial charge < -0.3 is 19.7 Å². The molecule has 2 heterocycles. The molecule has 0 spiro atoms. The van der Waals surface area contributed by atoms with Gasteiger partial charge in [0.15, 0.2) is 0 Å². The molecule has 1 fully saturated rings. The maximum absolute atomic E-state index is 5.75. The first-order chi connectivity index (χ1) is 9.33. The molecular weight excluding hydrogens is 240 g/mol. The van der Waals surface area contributed by atoms with Gasteiger partial charge in [-0.3, -0.25) is 0 Å². The van der Waals surface area contributed by atoms with Gasteiger partial charge in [0, 0.05) is 37.7 Å². The SMILES string of the molecule is CN1CCOC(CNCC2COc3ccccc32)C1. The van der Waals surface area contributed by atoms with E-state index in [2.05, 4.69) is 35.5 Å². The van der Waals surface area contributed by atoms with Gasteiger partial charge >= 0.3 is 0 Å². The molecule has 0 aromatic heterocycles. The predicted octanol–water partition coefficient (Wildman–Crippen LogP) is 1.08. The molecule has 1 aromatic rings. The van der Waals surface area contributed by atoms with Crippen molar-refractivity contribution in [1.82, 2.24) is 10.2 Å². The molecule has 1 aromatic carbocycles. The lowest BCUT2D eigenvalue weighted by atomic mass is 10.0. The number of ether oxygens (including phenoxy) is 2. The molecular formula is C15H22N2O2. The van der Waals surface area contributed by atoms with Crippen LogP contribution in [0.5, 0.6) is 5.75 Å². The van der Waals surface area contributed by atoms with Crippen molar-refractivity contribution in [2.75, 3.05) is 46.4 Å². The summed E-state index contributed by atoms with van der Waals surface area (Å²) in [6, 6.07) is 8.33.